The van der Waals surface area contributed by atoms with Gasteiger partial charge in [0.2, 0.25) is 0 Å². The van der Waals surface area contributed by atoms with Crippen LogP contribution in [0, 0.1) is 5.82 Å². The Morgan fingerprint density at radius 1 is 1.20 bits per heavy atom. The molecule has 0 saturated heterocycles. The van der Waals surface area contributed by atoms with Crippen molar-refractivity contribution in [1.82, 2.24) is 0 Å². The highest BCUT2D eigenvalue weighted by molar-refractivity contribution is 7.21. The summed E-state index contributed by atoms with van der Waals surface area (Å²) in [5.74, 6) is -1.59. The normalized spacial score (nSPS) is 12.0. The van der Waals surface area contributed by atoms with Gasteiger partial charge in [0.1, 0.15) is 10.7 Å². The minimum absolute atomic E-state index is 0.140. The quantitative estimate of drug-likeness (QED) is 0.659. The zero-order chi connectivity index (χ0) is 18.0. The second-order valence-electron chi connectivity index (χ2n) is 5.29. The molecule has 0 aliphatic carbocycles. The molecule has 3 aromatic rings. The van der Waals surface area contributed by atoms with Crippen molar-refractivity contribution in [3.63, 3.8) is 0 Å². The van der Waals surface area contributed by atoms with Gasteiger partial charge in [0, 0.05) is 15.8 Å². The topological polar surface area (TPSA) is 55.4 Å². The number of esters is 1. The smallest absolute Gasteiger partial charge is 0.350 e. The van der Waals surface area contributed by atoms with E-state index in [-0.39, 0.29) is 9.90 Å². The van der Waals surface area contributed by atoms with Crippen molar-refractivity contribution in [1.29, 1.82) is 0 Å². The minimum Gasteiger partial charge on any atom is -0.448 e. The van der Waals surface area contributed by atoms with Gasteiger partial charge in [-0.2, -0.15) is 0 Å². The number of thiophene rings is 1. The van der Waals surface area contributed by atoms with Gasteiger partial charge in [0.25, 0.3) is 5.91 Å². The number of hydrogen-bond acceptors (Lipinski definition) is 4. The summed E-state index contributed by atoms with van der Waals surface area (Å²) in [6.45, 7) is 1.47. The van der Waals surface area contributed by atoms with Gasteiger partial charge in [0.15, 0.2) is 6.10 Å². The van der Waals surface area contributed by atoms with Crippen LogP contribution in [0.2, 0.25) is 5.02 Å². The molecule has 1 N–H and O–H groups in total. The first-order valence-electron chi connectivity index (χ1n) is 7.40. The maximum atomic E-state index is 13.3. The fourth-order valence-corrected chi connectivity index (χ4v) is 3.62. The molecule has 1 atom stereocenters. The van der Waals surface area contributed by atoms with Crippen molar-refractivity contribution >= 4 is 50.6 Å². The molecule has 2 aromatic carbocycles. The summed E-state index contributed by atoms with van der Waals surface area (Å²) in [7, 11) is 0. The maximum absolute atomic E-state index is 13.3. The molecule has 4 nitrogen and oxygen atoms in total. The van der Waals surface area contributed by atoms with Crippen LogP contribution in [0.3, 0.4) is 0 Å². The number of ether oxygens (including phenoxy) is 1. The van der Waals surface area contributed by atoms with E-state index in [0.29, 0.717) is 15.8 Å². The molecule has 25 heavy (non-hydrogen) atoms. The summed E-state index contributed by atoms with van der Waals surface area (Å²) in [6.07, 6.45) is -1.01. The molecule has 0 unspecified atom stereocenters. The van der Waals surface area contributed by atoms with Gasteiger partial charge in [-0.25, -0.2) is 9.18 Å². The van der Waals surface area contributed by atoms with Gasteiger partial charge < -0.3 is 10.1 Å². The fourth-order valence-electron chi connectivity index (χ4n) is 2.20. The third kappa shape index (κ3) is 3.81. The van der Waals surface area contributed by atoms with E-state index in [9.17, 15) is 14.0 Å². The summed E-state index contributed by atoms with van der Waals surface area (Å²) in [6, 6.07) is 12.9. The number of halogens is 2. The number of rotatable bonds is 4. The van der Waals surface area contributed by atoms with Crippen molar-refractivity contribution in [3.05, 3.63) is 64.2 Å². The minimum atomic E-state index is -1.01. The molecule has 7 heteroatoms. The van der Waals surface area contributed by atoms with Crippen molar-refractivity contribution < 1.29 is 18.7 Å². The summed E-state index contributed by atoms with van der Waals surface area (Å²) in [5.41, 5.74) is 0.603. The maximum Gasteiger partial charge on any atom is 0.350 e. The average Bonchev–Trinajstić information content (AvgIpc) is 2.91. The highest BCUT2D eigenvalue weighted by Gasteiger charge is 2.23. The molecule has 3 rings (SSSR count). The Kier molecular flexibility index (Phi) is 5.01. The fraction of sp³-hybridized carbons (Fsp3) is 0.111. The zero-order valence-corrected chi connectivity index (χ0v) is 14.7. The number of anilines is 1. The second kappa shape index (κ2) is 7.21. The molecule has 0 aliphatic heterocycles. The van der Waals surface area contributed by atoms with E-state index in [0.717, 1.165) is 11.3 Å². The predicted molar refractivity (Wildman–Crippen MR) is 96.7 cm³/mol. The number of para-hydroxylation sites is 1. The van der Waals surface area contributed by atoms with Gasteiger partial charge in [-0.1, -0.05) is 29.8 Å². The standard InChI is InChI=1S/C18H13ClFNO3S/c1-10(17(22)21-12-5-3-2-4-6-12)24-18(23)16-15(19)13-8-7-11(20)9-14(13)25-16/h2-10H,1H3,(H,21,22)/t10-/m0/s1. The van der Waals surface area contributed by atoms with E-state index in [2.05, 4.69) is 5.32 Å². The first kappa shape index (κ1) is 17.4. The molecule has 0 spiro atoms. The summed E-state index contributed by atoms with van der Waals surface area (Å²) < 4.78 is 19.0. The Morgan fingerprint density at radius 2 is 1.92 bits per heavy atom. The molecule has 0 radical (unpaired) electrons. The molecule has 1 amide bonds. The molecule has 0 fully saturated rings. The lowest BCUT2D eigenvalue weighted by Crippen LogP contribution is -2.29. The number of fused-ring (bicyclic) bond motifs is 1. The molecule has 128 valence electrons. The lowest BCUT2D eigenvalue weighted by molar-refractivity contribution is -0.123. The SMILES string of the molecule is C[C@H](OC(=O)c1sc2cc(F)ccc2c1Cl)C(=O)Nc1ccccc1. The zero-order valence-electron chi connectivity index (χ0n) is 13.1. The molecule has 0 bridgehead atoms. The summed E-state index contributed by atoms with van der Waals surface area (Å²) in [4.78, 5) is 24.6. The average molecular weight is 378 g/mol. The van der Waals surface area contributed by atoms with Crippen LogP contribution in [-0.4, -0.2) is 18.0 Å². The van der Waals surface area contributed by atoms with Crippen LogP contribution >= 0.6 is 22.9 Å². The number of hydrogen-bond donors (Lipinski definition) is 1. The van der Waals surface area contributed by atoms with E-state index < -0.39 is 23.8 Å². The third-order valence-electron chi connectivity index (χ3n) is 3.47. The first-order valence-corrected chi connectivity index (χ1v) is 8.59. The Morgan fingerprint density at radius 3 is 2.64 bits per heavy atom. The van der Waals surface area contributed by atoms with Crippen LogP contribution in [0.1, 0.15) is 16.6 Å². The van der Waals surface area contributed by atoms with E-state index in [1.807, 2.05) is 6.07 Å². The number of nitrogens with one attached hydrogen (secondary N) is 1. The number of benzene rings is 2. The molecule has 1 heterocycles. The van der Waals surface area contributed by atoms with Crippen LogP contribution in [-0.2, 0) is 9.53 Å². The van der Waals surface area contributed by atoms with Gasteiger partial charge in [-0.15, -0.1) is 11.3 Å². The molecular weight excluding hydrogens is 365 g/mol. The van der Waals surface area contributed by atoms with Crippen molar-refractivity contribution in [2.45, 2.75) is 13.0 Å². The van der Waals surface area contributed by atoms with E-state index in [4.69, 9.17) is 16.3 Å². The predicted octanol–water partition coefficient (Wildman–Crippen LogP) is 4.88. The van der Waals surface area contributed by atoms with E-state index in [1.54, 1.807) is 24.3 Å². The second-order valence-corrected chi connectivity index (χ2v) is 6.72. The lowest BCUT2D eigenvalue weighted by Gasteiger charge is -2.13. The summed E-state index contributed by atoms with van der Waals surface area (Å²) >= 11 is 7.21. The number of carbonyl (C=O) groups excluding carboxylic acids is 2. The van der Waals surface area contributed by atoms with Crippen LogP contribution in [0.5, 0.6) is 0 Å². The summed E-state index contributed by atoms with van der Waals surface area (Å²) in [5, 5.41) is 3.42. The van der Waals surface area contributed by atoms with Gasteiger partial charge >= 0.3 is 5.97 Å². The Labute approximate surface area is 152 Å². The van der Waals surface area contributed by atoms with Crippen LogP contribution in [0.25, 0.3) is 10.1 Å². The van der Waals surface area contributed by atoms with Crippen molar-refractivity contribution in [3.8, 4) is 0 Å². The Bertz CT molecular complexity index is 942. The first-order chi connectivity index (χ1) is 12.0. The van der Waals surface area contributed by atoms with Gasteiger partial charge in [0.05, 0.1) is 5.02 Å². The van der Waals surface area contributed by atoms with Crippen LogP contribution < -0.4 is 5.32 Å². The number of amides is 1. The van der Waals surface area contributed by atoms with E-state index in [1.165, 1.54) is 25.1 Å². The molecule has 0 aliphatic rings. The van der Waals surface area contributed by atoms with E-state index >= 15 is 0 Å². The van der Waals surface area contributed by atoms with Crippen molar-refractivity contribution in [2.75, 3.05) is 5.32 Å². The molecule has 1 aromatic heterocycles. The monoisotopic (exact) mass is 377 g/mol. The Hall–Kier alpha value is -2.44. The number of carbonyl (C=O) groups is 2. The largest absolute Gasteiger partial charge is 0.448 e. The highest BCUT2D eigenvalue weighted by atomic mass is 35.5. The lowest BCUT2D eigenvalue weighted by atomic mass is 10.2. The molecular formula is C18H13ClFNO3S. The van der Waals surface area contributed by atoms with Gasteiger partial charge in [-0.05, 0) is 37.3 Å². The Balaban J connectivity index is 1.73. The molecule has 0 saturated carbocycles. The highest BCUT2D eigenvalue weighted by Crippen LogP contribution is 2.36. The third-order valence-corrected chi connectivity index (χ3v) is 5.11. The van der Waals surface area contributed by atoms with Gasteiger partial charge in [-0.3, -0.25) is 4.79 Å². The van der Waals surface area contributed by atoms with Crippen molar-refractivity contribution in [2.24, 2.45) is 0 Å². The van der Waals surface area contributed by atoms with Crippen LogP contribution in [0.15, 0.2) is 48.5 Å². The van der Waals surface area contributed by atoms with Crippen LogP contribution in [0.4, 0.5) is 10.1 Å².